The van der Waals surface area contributed by atoms with Gasteiger partial charge in [0.25, 0.3) is 0 Å². The molecular formula is C11H18ClNO. The SMILES string of the molecule is Cl.[2H]C([2H])([2H])NC(C)Cc1cccc(OC)c1. The molecule has 0 saturated carbocycles. The molecule has 1 atom stereocenters. The van der Waals surface area contributed by atoms with Crippen LogP contribution in [0.3, 0.4) is 0 Å². The number of rotatable bonds is 4. The number of hydrogen-bond acceptors (Lipinski definition) is 2. The van der Waals surface area contributed by atoms with Crippen molar-refractivity contribution < 1.29 is 8.85 Å². The van der Waals surface area contributed by atoms with Crippen LogP contribution in [-0.2, 0) is 6.42 Å². The molecule has 0 saturated heterocycles. The molecular weight excluding hydrogens is 198 g/mol. The van der Waals surface area contributed by atoms with Crippen LogP contribution in [0.1, 0.15) is 16.6 Å². The third kappa shape index (κ3) is 3.99. The molecule has 0 aliphatic carbocycles. The van der Waals surface area contributed by atoms with Gasteiger partial charge in [-0.05, 0) is 38.0 Å². The topological polar surface area (TPSA) is 21.3 Å². The summed E-state index contributed by atoms with van der Waals surface area (Å²) in [7, 11) is 1.61. The van der Waals surface area contributed by atoms with Crippen LogP contribution in [-0.4, -0.2) is 20.1 Å². The summed E-state index contributed by atoms with van der Waals surface area (Å²) in [6.07, 6.45) is 0.662. The zero-order valence-corrected chi connectivity index (χ0v) is 9.23. The summed E-state index contributed by atoms with van der Waals surface area (Å²) < 4.78 is 26.4. The van der Waals surface area contributed by atoms with Crippen molar-refractivity contribution in [2.45, 2.75) is 19.4 Å². The lowest BCUT2D eigenvalue weighted by molar-refractivity contribution is 0.414. The van der Waals surface area contributed by atoms with E-state index in [1.165, 1.54) is 0 Å². The van der Waals surface area contributed by atoms with Gasteiger partial charge >= 0.3 is 0 Å². The molecule has 80 valence electrons. The van der Waals surface area contributed by atoms with Crippen LogP contribution in [0.5, 0.6) is 5.75 Å². The number of ether oxygens (including phenoxy) is 1. The van der Waals surface area contributed by atoms with E-state index in [9.17, 15) is 0 Å². The minimum Gasteiger partial charge on any atom is -0.497 e. The lowest BCUT2D eigenvalue weighted by Gasteiger charge is -2.10. The van der Waals surface area contributed by atoms with Crippen LogP contribution < -0.4 is 10.1 Å². The predicted molar refractivity (Wildman–Crippen MR) is 62.5 cm³/mol. The molecule has 0 aliphatic heterocycles. The number of halogens is 1. The van der Waals surface area contributed by atoms with Gasteiger partial charge in [-0.25, -0.2) is 0 Å². The van der Waals surface area contributed by atoms with E-state index in [0.717, 1.165) is 11.3 Å². The maximum Gasteiger partial charge on any atom is 0.119 e. The van der Waals surface area contributed by atoms with Crippen LogP contribution in [0, 0.1) is 0 Å². The average Bonchev–Trinajstić information content (AvgIpc) is 2.15. The van der Waals surface area contributed by atoms with Gasteiger partial charge in [-0.1, -0.05) is 12.1 Å². The summed E-state index contributed by atoms with van der Waals surface area (Å²) >= 11 is 0. The second-order valence-electron chi connectivity index (χ2n) is 3.10. The molecule has 0 bridgehead atoms. The van der Waals surface area contributed by atoms with E-state index in [1.54, 1.807) is 7.11 Å². The molecule has 1 unspecified atom stereocenters. The van der Waals surface area contributed by atoms with Crippen LogP contribution >= 0.6 is 12.4 Å². The fourth-order valence-electron chi connectivity index (χ4n) is 1.20. The maximum absolute atomic E-state index is 7.10. The molecule has 0 spiro atoms. The molecule has 1 N–H and O–H groups in total. The summed E-state index contributed by atoms with van der Waals surface area (Å²) in [5.74, 6) is 0.790. The van der Waals surface area contributed by atoms with Crippen molar-refractivity contribution >= 4 is 12.4 Å². The largest absolute Gasteiger partial charge is 0.497 e. The van der Waals surface area contributed by atoms with Crippen LogP contribution in [0.2, 0.25) is 0 Å². The Labute approximate surface area is 96.3 Å². The smallest absolute Gasteiger partial charge is 0.119 e. The highest BCUT2D eigenvalue weighted by Crippen LogP contribution is 2.13. The summed E-state index contributed by atoms with van der Waals surface area (Å²) in [4.78, 5) is 0. The van der Waals surface area contributed by atoms with Gasteiger partial charge in [-0.2, -0.15) is 0 Å². The predicted octanol–water partition coefficient (Wildman–Crippen LogP) is 2.27. The van der Waals surface area contributed by atoms with Crippen molar-refractivity contribution in [1.82, 2.24) is 5.32 Å². The van der Waals surface area contributed by atoms with E-state index in [1.807, 2.05) is 31.2 Å². The molecule has 2 nitrogen and oxygen atoms in total. The van der Waals surface area contributed by atoms with Gasteiger partial charge in [-0.3, -0.25) is 0 Å². The molecule has 0 aliphatic rings. The number of nitrogens with one attached hydrogen (secondary N) is 1. The Bertz CT molecular complexity index is 344. The highest BCUT2D eigenvalue weighted by molar-refractivity contribution is 5.85. The van der Waals surface area contributed by atoms with Crippen molar-refractivity contribution in [1.29, 1.82) is 0 Å². The minimum absolute atomic E-state index is 0. The lowest BCUT2D eigenvalue weighted by atomic mass is 10.1. The molecule has 14 heavy (non-hydrogen) atoms. The molecule has 1 aromatic carbocycles. The Kier molecular flexibility index (Phi) is 4.09. The summed E-state index contributed by atoms with van der Waals surface area (Å²) in [5, 5.41) is 2.56. The minimum atomic E-state index is -2.09. The number of benzene rings is 1. The van der Waals surface area contributed by atoms with Gasteiger partial charge in [0, 0.05) is 10.2 Å². The van der Waals surface area contributed by atoms with Gasteiger partial charge in [0.1, 0.15) is 5.75 Å². The fourth-order valence-corrected chi connectivity index (χ4v) is 1.20. The Morgan fingerprint density at radius 2 is 2.36 bits per heavy atom. The molecule has 0 fully saturated rings. The molecule has 3 heteroatoms. The molecule has 0 heterocycles. The second-order valence-corrected chi connectivity index (χ2v) is 3.10. The Morgan fingerprint density at radius 1 is 1.57 bits per heavy atom. The zero-order chi connectivity index (χ0) is 12.2. The summed E-state index contributed by atoms with van der Waals surface area (Å²) in [6.45, 7) is -0.232. The number of likely N-dealkylation sites (N-methyl/N-ethyl adjacent to an activating group) is 1. The van der Waals surface area contributed by atoms with Gasteiger partial charge in [0.2, 0.25) is 0 Å². The molecule has 0 amide bonds. The average molecular weight is 219 g/mol. The van der Waals surface area contributed by atoms with Gasteiger partial charge in [0.05, 0.1) is 7.11 Å². The van der Waals surface area contributed by atoms with Crippen molar-refractivity contribution in [3.63, 3.8) is 0 Å². The van der Waals surface area contributed by atoms with Crippen molar-refractivity contribution in [3.05, 3.63) is 29.8 Å². The first kappa shape index (κ1) is 8.57. The first-order valence-electron chi connectivity index (χ1n) is 5.81. The number of methoxy groups -OCH3 is 1. The normalized spacial score (nSPS) is 15.7. The standard InChI is InChI=1S/C11H17NO.ClH/c1-9(12-2)7-10-5-4-6-11(8-10)13-3;/h4-6,8-9,12H,7H2,1-3H3;1H/i2D3;. The highest BCUT2D eigenvalue weighted by Gasteiger charge is 2.00. The zero-order valence-electron chi connectivity index (χ0n) is 11.4. The molecule has 1 aromatic rings. The third-order valence-electron chi connectivity index (χ3n) is 1.92. The highest BCUT2D eigenvalue weighted by atomic mass is 35.5. The Balaban J connectivity index is 0.00000256. The Hall–Kier alpha value is -0.730. The van der Waals surface area contributed by atoms with Crippen molar-refractivity contribution in [2.24, 2.45) is 0 Å². The van der Waals surface area contributed by atoms with E-state index >= 15 is 0 Å². The quantitative estimate of drug-likeness (QED) is 0.837. The van der Waals surface area contributed by atoms with Gasteiger partial charge in [-0.15, -0.1) is 12.4 Å². The lowest BCUT2D eigenvalue weighted by Crippen LogP contribution is -2.23. The van der Waals surface area contributed by atoms with Crippen molar-refractivity contribution in [3.8, 4) is 5.75 Å². The van der Waals surface area contributed by atoms with E-state index in [0.29, 0.717) is 6.42 Å². The van der Waals surface area contributed by atoms with Crippen LogP contribution in [0.25, 0.3) is 0 Å². The van der Waals surface area contributed by atoms with Crippen LogP contribution in [0.4, 0.5) is 0 Å². The first-order chi connectivity index (χ1) is 7.40. The molecule has 0 radical (unpaired) electrons. The third-order valence-corrected chi connectivity index (χ3v) is 1.92. The van der Waals surface area contributed by atoms with E-state index in [4.69, 9.17) is 8.85 Å². The van der Waals surface area contributed by atoms with Gasteiger partial charge < -0.3 is 10.1 Å². The van der Waals surface area contributed by atoms with E-state index in [2.05, 4.69) is 5.32 Å². The number of hydrogen-bond donors (Lipinski definition) is 1. The van der Waals surface area contributed by atoms with Crippen LogP contribution in [0.15, 0.2) is 24.3 Å². The first-order valence-corrected chi connectivity index (χ1v) is 4.31. The summed E-state index contributed by atoms with van der Waals surface area (Å²) in [5.41, 5.74) is 1.06. The van der Waals surface area contributed by atoms with E-state index < -0.39 is 6.98 Å². The fraction of sp³-hybridized carbons (Fsp3) is 0.455. The van der Waals surface area contributed by atoms with Gasteiger partial charge in [0.15, 0.2) is 0 Å². The monoisotopic (exact) mass is 218 g/mol. The summed E-state index contributed by atoms with van der Waals surface area (Å²) in [6, 6.07) is 7.54. The van der Waals surface area contributed by atoms with E-state index in [-0.39, 0.29) is 18.4 Å². The maximum atomic E-state index is 7.10. The Morgan fingerprint density at radius 3 is 3.00 bits per heavy atom. The molecule has 0 aromatic heterocycles. The molecule has 1 rings (SSSR count). The van der Waals surface area contributed by atoms with Crippen molar-refractivity contribution in [2.75, 3.05) is 14.1 Å². The second kappa shape index (κ2) is 6.68.